The van der Waals surface area contributed by atoms with Gasteiger partial charge in [-0.1, -0.05) is 34.1 Å². The van der Waals surface area contributed by atoms with Crippen molar-refractivity contribution in [3.8, 4) is 0 Å². The maximum absolute atomic E-state index is 14.9. The zero-order valence-electron chi connectivity index (χ0n) is 22.5. The first-order valence-electron chi connectivity index (χ1n) is 14.1. The maximum Gasteiger partial charge on any atom is 0.169 e. The summed E-state index contributed by atoms with van der Waals surface area (Å²) in [7, 11) is 0. The third-order valence-electron chi connectivity index (χ3n) is 12.6. The van der Waals surface area contributed by atoms with Crippen LogP contribution in [0.15, 0.2) is 11.3 Å². The van der Waals surface area contributed by atoms with Gasteiger partial charge in [-0.25, -0.2) is 0 Å². The molecule has 5 nitrogen and oxygen atoms in total. The molecule has 2 saturated heterocycles. The van der Waals surface area contributed by atoms with E-state index in [-0.39, 0.29) is 34.4 Å². The first-order chi connectivity index (χ1) is 16.2. The highest BCUT2D eigenvalue weighted by molar-refractivity contribution is 6.05. The van der Waals surface area contributed by atoms with E-state index in [4.69, 9.17) is 9.47 Å². The lowest BCUT2D eigenvalue weighted by Crippen LogP contribution is -2.65. The Balaban J connectivity index is 1.63. The highest BCUT2D eigenvalue weighted by Gasteiger charge is 2.96. The maximum atomic E-state index is 14.9. The van der Waals surface area contributed by atoms with Crippen LogP contribution in [0.5, 0.6) is 0 Å². The van der Waals surface area contributed by atoms with Crippen LogP contribution in [0.1, 0.15) is 99.8 Å². The minimum atomic E-state index is -1.24. The second kappa shape index (κ2) is 5.93. The monoisotopic (exact) mass is 482 g/mol. The fraction of sp³-hybridized carbons (Fsp3) is 0.867. The Morgan fingerprint density at radius 3 is 2.43 bits per heavy atom. The van der Waals surface area contributed by atoms with Crippen LogP contribution >= 0.6 is 0 Å². The molecule has 7 rings (SSSR count). The molecule has 2 heterocycles. The quantitative estimate of drug-likeness (QED) is 0.590. The molecular weight excluding hydrogens is 440 g/mol. The van der Waals surface area contributed by atoms with Gasteiger partial charge >= 0.3 is 0 Å². The van der Waals surface area contributed by atoms with Gasteiger partial charge in [0.15, 0.2) is 5.78 Å². The average Bonchev–Trinajstić information content (AvgIpc) is 3.25. The minimum absolute atomic E-state index is 0.000425. The van der Waals surface area contributed by atoms with E-state index >= 15 is 0 Å². The molecule has 5 aliphatic carbocycles. The lowest BCUT2D eigenvalue weighted by molar-refractivity contribution is -0.210. The van der Waals surface area contributed by atoms with E-state index in [1.807, 2.05) is 0 Å². The van der Waals surface area contributed by atoms with Crippen LogP contribution in [0.25, 0.3) is 0 Å². The number of carbonyl (C=O) groups excluding carboxylic acids is 2. The Kier molecular flexibility index (Phi) is 3.89. The van der Waals surface area contributed by atoms with Crippen molar-refractivity contribution in [1.29, 1.82) is 0 Å². The van der Waals surface area contributed by atoms with Crippen LogP contribution in [0.3, 0.4) is 0 Å². The Labute approximate surface area is 209 Å². The van der Waals surface area contributed by atoms with E-state index in [0.29, 0.717) is 25.2 Å². The number of hydrogen-bond donors (Lipinski definition) is 1. The third-order valence-corrected chi connectivity index (χ3v) is 12.6. The molecule has 1 N–H and O–H groups in total. The van der Waals surface area contributed by atoms with Gasteiger partial charge < -0.3 is 14.6 Å². The van der Waals surface area contributed by atoms with Gasteiger partial charge in [-0.2, -0.15) is 0 Å². The summed E-state index contributed by atoms with van der Waals surface area (Å²) in [5.74, 6) is 0.622. The molecule has 8 unspecified atom stereocenters. The van der Waals surface area contributed by atoms with Crippen LogP contribution in [0, 0.1) is 39.9 Å². The van der Waals surface area contributed by atoms with E-state index < -0.39 is 33.6 Å². The van der Waals surface area contributed by atoms with E-state index in [0.717, 1.165) is 43.4 Å². The van der Waals surface area contributed by atoms with Gasteiger partial charge in [0.25, 0.3) is 0 Å². The average molecular weight is 483 g/mol. The molecule has 5 heteroatoms. The predicted molar refractivity (Wildman–Crippen MR) is 130 cm³/mol. The molecule has 2 aliphatic heterocycles. The molecule has 192 valence electrons. The molecule has 3 spiro atoms. The molecule has 6 fully saturated rings. The van der Waals surface area contributed by atoms with E-state index in [2.05, 4.69) is 41.5 Å². The molecule has 7 aliphatic rings. The fourth-order valence-electron chi connectivity index (χ4n) is 11.7. The summed E-state index contributed by atoms with van der Waals surface area (Å²) in [6.07, 6.45) is 6.51. The zero-order valence-corrected chi connectivity index (χ0v) is 22.5. The van der Waals surface area contributed by atoms with E-state index in [1.54, 1.807) is 6.92 Å². The molecule has 0 aromatic carbocycles. The molecule has 4 saturated carbocycles. The molecule has 35 heavy (non-hydrogen) atoms. The van der Waals surface area contributed by atoms with Crippen molar-refractivity contribution < 1.29 is 24.2 Å². The molecule has 0 aromatic heterocycles. The summed E-state index contributed by atoms with van der Waals surface area (Å²) in [6.45, 7) is 14.8. The molecule has 0 radical (unpaired) electrons. The van der Waals surface area contributed by atoms with Gasteiger partial charge in [0.05, 0.1) is 16.6 Å². The summed E-state index contributed by atoms with van der Waals surface area (Å²) in [5, 5.41) is 12.9. The number of carbonyl (C=O) groups is 2. The first-order valence-corrected chi connectivity index (χ1v) is 14.1. The second-order valence-electron chi connectivity index (χ2n) is 15.0. The van der Waals surface area contributed by atoms with Crippen LogP contribution in [0.4, 0.5) is 0 Å². The number of Topliss-reactive ketones (excluding diaryl/α,β-unsaturated/α-hetero) is 2. The summed E-state index contributed by atoms with van der Waals surface area (Å²) in [6, 6.07) is 0. The van der Waals surface area contributed by atoms with Crippen molar-refractivity contribution in [2.24, 2.45) is 39.9 Å². The Bertz CT molecular complexity index is 1120. The summed E-state index contributed by atoms with van der Waals surface area (Å²) < 4.78 is 14.5. The van der Waals surface area contributed by atoms with Crippen molar-refractivity contribution in [1.82, 2.24) is 0 Å². The SMILES string of the molecule is CC(=O)C1CC23CCC4C(C)(C)CCCC45CC24C1(O)CC1C(C)(C)OC(=C(C(C)C)C3=O)C14O5. The van der Waals surface area contributed by atoms with Crippen LogP contribution in [-0.2, 0) is 19.1 Å². The van der Waals surface area contributed by atoms with Gasteiger partial charge in [-0.3, -0.25) is 9.59 Å². The minimum Gasteiger partial charge on any atom is -0.488 e. The van der Waals surface area contributed by atoms with Gasteiger partial charge in [-0.15, -0.1) is 0 Å². The summed E-state index contributed by atoms with van der Waals surface area (Å²) >= 11 is 0. The van der Waals surface area contributed by atoms with Crippen molar-refractivity contribution in [2.45, 2.75) is 122 Å². The number of rotatable bonds is 2. The predicted octanol–water partition coefficient (Wildman–Crippen LogP) is 5.14. The summed E-state index contributed by atoms with van der Waals surface area (Å²) in [5.41, 5.74) is -3.71. The van der Waals surface area contributed by atoms with Gasteiger partial charge in [0, 0.05) is 22.8 Å². The molecular formula is C30H42O5. The second-order valence-corrected chi connectivity index (χ2v) is 15.0. The van der Waals surface area contributed by atoms with Crippen LogP contribution in [-0.4, -0.2) is 39.1 Å². The van der Waals surface area contributed by atoms with Gasteiger partial charge in [-0.05, 0) is 83.0 Å². The number of hydrogen-bond acceptors (Lipinski definition) is 5. The van der Waals surface area contributed by atoms with E-state index in [9.17, 15) is 14.7 Å². The van der Waals surface area contributed by atoms with Crippen molar-refractivity contribution in [2.75, 3.05) is 0 Å². The van der Waals surface area contributed by atoms with Crippen LogP contribution < -0.4 is 0 Å². The molecule has 0 aromatic rings. The summed E-state index contributed by atoms with van der Waals surface area (Å²) in [4.78, 5) is 28.1. The van der Waals surface area contributed by atoms with Gasteiger partial charge in [0.1, 0.15) is 22.7 Å². The molecule has 0 amide bonds. The van der Waals surface area contributed by atoms with E-state index in [1.165, 1.54) is 0 Å². The van der Waals surface area contributed by atoms with Crippen LogP contribution in [0.2, 0.25) is 0 Å². The van der Waals surface area contributed by atoms with Gasteiger partial charge in [0.2, 0.25) is 0 Å². The highest BCUT2D eigenvalue weighted by Crippen LogP contribution is 2.89. The standard InChI is InChI=1S/C30H42O5/c1-16(2)21-22(32)26-12-9-19-24(4,5)10-8-11-27(19)15-29(26)28(33,18(13-26)17(3)31)14-20-25(6,7)34-23(21)30(20,29)35-27/h16,18-20,33H,8-15H2,1-7H3. The lowest BCUT2D eigenvalue weighted by atomic mass is 9.47. The zero-order chi connectivity index (χ0) is 25.2. The largest absolute Gasteiger partial charge is 0.488 e. The number of ketones is 2. The number of ether oxygens (including phenoxy) is 2. The normalized spacial score (nSPS) is 54.0. The smallest absolute Gasteiger partial charge is 0.169 e. The van der Waals surface area contributed by atoms with Crippen molar-refractivity contribution in [3.63, 3.8) is 0 Å². The highest BCUT2D eigenvalue weighted by atomic mass is 16.6. The fourth-order valence-corrected chi connectivity index (χ4v) is 11.7. The Hall–Kier alpha value is -1.20. The Morgan fingerprint density at radius 2 is 1.77 bits per heavy atom. The Morgan fingerprint density at radius 1 is 1.06 bits per heavy atom. The topological polar surface area (TPSA) is 72.8 Å². The molecule has 2 bridgehead atoms. The van der Waals surface area contributed by atoms with Crippen molar-refractivity contribution in [3.05, 3.63) is 11.3 Å². The van der Waals surface area contributed by atoms with Crippen molar-refractivity contribution >= 4 is 11.6 Å². The number of aliphatic hydroxyl groups is 1. The lowest BCUT2D eigenvalue weighted by Gasteiger charge is -2.56. The third kappa shape index (κ3) is 2.00. The molecule has 8 atom stereocenters. The first kappa shape index (κ1) is 23.0. The number of allylic oxidation sites excluding steroid dienone is 1.